The Morgan fingerprint density at radius 1 is 1.00 bits per heavy atom. The summed E-state index contributed by atoms with van der Waals surface area (Å²) < 4.78 is 41.0. The SMILES string of the molecule is CC(C)(C)OC(=O)NC1CCN(S(=O)(=O)N2[C@@H]3CC[C@H]2CC(NC(=O)c2cc(C4CC4)on2)C3)CC1. The van der Waals surface area contributed by atoms with E-state index in [0.29, 0.717) is 50.4 Å². The highest BCUT2D eigenvalue weighted by Crippen LogP contribution is 2.41. The Balaban J connectivity index is 1.14. The zero-order chi connectivity index (χ0) is 25.7. The topological polar surface area (TPSA) is 134 Å². The molecule has 0 spiro atoms. The number of nitrogens with one attached hydrogen (secondary N) is 2. The quantitative estimate of drug-likeness (QED) is 0.585. The fraction of sp³-hybridized carbons (Fsp3) is 0.792. The Morgan fingerprint density at radius 3 is 2.22 bits per heavy atom. The van der Waals surface area contributed by atoms with Crippen molar-refractivity contribution in [2.24, 2.45) is 0 Å². The lowest BCUT2D eigenvalue weighted by Crippen LogP contribution is -2.57. The van der Waals surface area contributed by atoms with Gasteiger partial charge in [-0.15, -0.1) is 0 Å². The summed E-state index contributed by atoms with van der Waals surface area (Å²) in [6, 6.07) is 1.27. The number of aromatic nitrogens is 1. The summed E-state index contributed by atoms with van der Waals surface area (Å²) in [5.74, 6) is 0.901. The first-order valence-electron chi connectivity index (χ1n) is 13.0. The fourth-order valence-corrected chi connectivity index (χ4v) is 7.76. The number of ether oxygens (including phenoxy) is 1. The van der Waals surface area contributed by atoms with Gasteiger partial charge in [-0.3, -0.25) is 4.79 Å². The van der Waals surface area contributed by atoms with Crippen molar-refractivity contribution < 1.29 is 27.3 Å². The lowest BCUT2D eigenvalue weighted by atomic mass is 9.99. The van der Waals surface area contributed by atoms with Crippen LogP contribution in [0.2, 0.25) is 0 Å². The van der Waals surface area contributed by atoms with E-state index in [2.05, 4.69) is 15.8 Å². The molecule has 36 heavy (non-hydrogen) atoms. The Labute approximate surface area is 212 Å². The van der Waals surface area contributed by atoms with E-state index >= 15 is 0 Å². The number of carbonyl (C=O) groups is 2. The number of carbonyl (C=O) groups excluding carboxylic acids is 2. The predicted octanol–water partition coefficient (Wildman–Crippen LogP) is 2.51. The van der Waals surface area contributed by atoms with Gasteiger partial charge in [0.1, 0.15) is 11.4 Å². The zero-order valence-corrected chi connectivity index (χ0v) is 22.1. The third-order valence-electron chi connectivity index (χ3n) is 7.51. The molecule has 4 heterocycles. The summed E-state index contributed by atoms with van der Waals surface area (Å²) in [5.41, 5.74) is -0.282. The van der Waals surface area contributed by atoms with Crippen LogP contribution in [0, 0.1) is 0 Å². The van der Waals surface area contributed by atoms with Gasteiger partial charge in [0.2, 0.25) is 0 Å². The van der Waals surface area contributed by atoms with Crippen molar-refractivity contribution >= 4 is 22.2 Å². The van der Waals surface area contributed by atoms with E-state index in [1.165, 1.54) is 0 Å². The molecule has 200 valence electrons. The van der Waals surface area contributed by atoms with Crippen LogP contribution in [0.15, 0.2) is 10.6 Å². The van der Waals surface area contributed by atoms with Crippen molar-refractivity contribution in [2.45, 2.75) is 108 Å². The van der Waals surface area contributed by atoms with Crippen LogP contribution < -0.4 is 10.6 Å². The minimum absolute atomic E-state index is 0.0914. The summed E-state index contributed by atoms with van der Waals surface area (Å²) in [4.78, 5) is 24.8. The van der Waals surface area contributed by atoms with Crippen LogP contribution in [0.25, 0.3) is 0 Å². The third kappa shape index (κ3) is 5.55. The predicted molar refractivity (Wildman–Crippen MR) is 130 cm³/mol. The number of nitrogens with zero attached hydrogens (tertiary/aromatic N) is 3. The number of piperidine rings is 2. The molecule has 1 unspecified atom stereocenters. The number of fused-ring (bicyclic) bond motifs is 2. The maximum atomic E-state index is 13.6. The molecule has 3 atom stereocenters. The van der Waals surface area contributed by atoms with Crippen molar-refractivity contribution in [3.8, 4) is 0 Å². The zero-order valence-electron chi connectivity index (χ0n) is 21.2. The summed E-state index contributed by atoms with van der Waals surface area (Å²) in [7, 11) is -3.62. The van der Waals surface area contributed by atoms with Crippen LogP contribution in [-0.4, -0.2) is 77.0 Å². The average molecular weight is 524 g/mol. The Morgan fingerprint density at radius 2 is 1.64 bits per heavy atom. The molecule has 2 N–H and O–H groups in total. The molecule has 1 aromatic rings. The molecule has 4 aliphatic rings. The van der Waals surface area contributed by atoms with Gasteiger partial charge in [-0.25, -0.2) is 4.79 Å². The maximum Gasteiger partial charge on any atom is 0.407 e. The van der Waals surface area contributed by atoms with Gasteiger partial charge in [-0.05, 0) is 72.1 Å². The highest BCUT2D eigenvalue weighted by atomic mass is 32.2. The molecule has 0 aromatic carbocycles. The standard InChI is InChI=1S/C24H37N5O6S/c1-24(2,3)34-23(31)26-16-8-10-28(11-9-16)36(32,33)29-18-6-7-19(29)13-17(12-18)25-22(30)20-14-21(35-27-20)15-4-5-15/h14-19H,4-13H2,1-3H3,(H,25,30)(H,26,31)/t17?,18-,19+. The van der Waals surface area contributed by atoms with Crippen LogP contribution in [-0.2, 0) is 14.9 Å². The van der Waals surface area contributed by atoms with E-state index in [1.54, 1.807) is 14.7 Å². The summed E-state index contributed by atoms with van der Waals surface area (Å²) in [6.07, 6.45) is 5.53. The van der Waals surface area contributed by atoms with E-state index in [0.717, 1.165) is 31.4 Å². The molecule has 4 fully saturated rings. The smallest absolute Gasteiger partial charge is 0.407 e. The Hall–Kier alpha value is -2.18. The first-order valence-corrected chi connectivity index (χ1v) is 14.4. The molecule has 5 rings (SSSR count). The van der Waals surface area contributed by atoms with Gasteiger partial charge in [0, 0.05) is 49.2 Å². The number of rotatable bonds is 6. The third-order valence-corrected chi connectivity index (χ3v) is 9.66. The van der Waals surface area contributed by atoms with Gasteiger partial charge in [-0.2, -0.15) is 17.0 Å². The maximum absolute atomic E-state index is 13.6. The molecule has 1 aliphatic carbocycles. The van der Waals surface area contributed by atoms with Gasteiger partial charge in [0.05, 0.1) is 0 Å². The molecular weight excluding hydrogens is 486 g/mol. The highest BCUT2D eigenvalue weighted by molar-refractivity contribution is 7.86. The molecule has 1 aromatic heterocycles. The van der Waals surface area contributed by atoms with Crippen LogP contribution >= 0.6 is 0 Å². The van der Waals surface area contributed by atoms with Gasteiger partial charge >= 0.3 is 6.09 Å². The van der Waals surface area contributed by atoms with Crippen LogP contribution in [0.1, 0.15) is 94.3 Å². The monoisotopic (exact) mass is 523 g/mol. The van der Waals surface area contributed by atoms with Crippen LogP contribution in [0.4, 0.5) is 4.79 Å². The van der Waals surface area contributed by atoms with Gasteiger partial charge in [0.25, 0.3) is 16.1 Å². The van der Waals surface area contributed by atoms with Crippen LogP contribution in [0.5, 0.6) is 0 Å². The minimum Gasteiger partial charge on any atom is -0.444 e. The fourth-order valence-electron chi connectivity index (χ4n) is 5.68. The molecule has 3 saturated heterocycles. The van der Waals surface area contributed by atoms with Crippen molar-refractivity contribution in [2.75, 3.05) is 13.1 Å². The molecule has 11 nitrogen and oxygen atoms in total. The van der Waals surface area contributed by atoms with E-state index in [9.17, 15) is 18.0 Å². The molecule has 3 aliphatic heterocycles. The summed E-state index contributed by atoms with van der Waals surface area (Å²) in [5, 5.41) is 9.83. The second kappa shape index (κ2) is 9.60. The first kappa shape index (κ1) is 25.5. The number of amides is 2. The van der Waals surface area contributed by atoms with Crippen molar-refractivity contribution in [3.63, 3.8) is 0 Å². The van der Waals surface area contributed by atoms with Gasteiger partial charge in [0.15, 0.2) is 5.69 Å². The number of hydrogen-bond donors (Lipinski definition) is 2. The van der Waals surface area contributed by atoms with E-state index < -0.39 is 21.9 Å². The lowest BCUT2D eigenvalue weighted by molar-refractivity contribution is 0.0488. The lowest BCUT2D eigenvalue weighted by Gasteiger charge is -2.42. The molecule has 2 bridgehead atoms. The summed E-state index contributed by atoms with van der Waals surface area (Å²) in [6.45, 7) is 6.14. The number of alkyl carbamates (subject to hydrolysis) is 1. The second-order valence-electron chi connectivity index (χ2n) is 11.6. The van der Waals surface area contributed by atoms with Gasteiger partial charge < -0.3 is 19.9 Å². The summed E-state index contributed by atoms with van der Waals surface area (Å²) >= 11 is 0. The average Bonchev–Trinajstić information content (AvgIpc) is 3.44. The largest absolute Gasteiger partial charge is 0.444 e. The van der Waals surface area contributed by atoms with Crippen molar-refractivity contribution in [3.05, 3.63) is 17.5 Å². The molecule has 12 heteroatoms. The first-order chi connectivity index (χ1) is 17.0. The number of hydrogen-bond acceptors (Lipinski definition) is 7. The normalized spacial score (nSPS) is 28.1. The van der Waals surface area contributed by atoms with Crippen LogP contribution in [0.3, 0.4) is 0 Å². The van der Waals surface area contributed by atoms with Gasteiger partial charge in [-0.1, -0.05) is 5.16 Å². The second-order valence-corrected chi connectivity index (χ2v) is 13.4. The highest BCUT2D eigenvalue weighted by Gasteiger charge is 2.49. The van der Waals surface area contributed by atoms with Crippen molar-refractivity contribution in [1.82, 2.24) is 24.4 Å². The molecule has 0 radical (unpaired) electrons. The van der Waals surface area contributed by atoms with E-state index in [-0.39, 0.29) is 30.1 Å². The van der Waals surface area contributed by atoms with E-state index in [1.807, 2.05) is 20.8 Å². The van der Waals surface area contributed by atoms with E-state index in [4.69, 9.17) is 9.26 Å². The molecular formula is C24H37N5O6S. The Bertz CT molecular complexity index is 1070. The molecule has 1 saturated carbocycles. The minimum atomic E-state index is -3.62. The van der Waals surface area contributed by atoms with Crippen molar-refractivity contribution in [1.29, 1.82) is 0 Å². The molecule has 2 amide bonds. The Kier molecular flexibility index (Phi) is 6.80.